The molecule has 1 fully saturated rings. The van der Waals surface area contributed by atoms with Crippen molar-refractivity contribution in [2.24, 2.45) is 23.3 Å². The highest BCUT2D eigenvalue weighted by molar-refractivity contribution is 5.98. The van der Waals surface area contributed by atoms with Crippen LogP contribution < -0.4 is 11.5 Å². The molecule has 2 unspecified atom stereocenters. The van der Waals surface area contributed by atoms with Crippen LogP contribution in [0.5, 0.6) is 0 Å². The number of carbonyl (C=O) groups is 3. The third-order valence-corrected chi connectivity index (χ3v) is 4.77. The summed E-state index contributed by atoms with van der Waals surface area (Å²) in [6, 6.07) is 9.14. The average molecular weight is 405 g/mol. The maximum absolute atomic E-state index is 13.0. The average Bonchev–Trinajstić information content (AvgIpc) is 2.67. The molecule has 0 spiro atoms. The lowest BCUT2D eigenvalue weighted by Crippen LogP contribution is -2.48. The van der Waals surface area contributed by atoms with E-state index in [1.807, 2.05) is 30.3 Å². The summed E-state index contributed by atoms with van der Waals surface area (Å²) in [7, 11) is 0. The third kappa shape index (κ3) is 6.83. The zero-order valence-corrected chi connectivity index (χ0v) is 17.3. The van der Waals surface area contributed by atoms with Crippen LogP contribution in [-0.4, -0.2) is 48.0 Å². The number of hydrogen-bond acceptors (Lipinski definition) is 6. The molecule has 29 heavy (non-hydrogen) atoms. The Hall–Kier alpha value is -2.45. The Labute approximate surface area is 171 Å². The molecule has 0 aliphatic carbocycles. The highest BCUT2D eigenvalue weighted by Crippen LogP contribution is 2.22. The molecule has 1 aromatic carbocycles. The van der Waals surface area contributed by atoms with Crippen molar-refractivity contribution in [2.75, 3.05) is 19.7 Å². The molecule has 1 heterocycles. The lowest BCUT2D eigenvalue weighted by molar-refractivity contribution is -0.169. The van der Waals surface area contributed by atoms with E-state index in [9.17, 15) is 14.4 Å². The number of piperidine rings is 1. The summed E-state index contributed by atoms with van der Waals surface area (Å²) < 4.78 is 11.1. The molecule has 1 saturated heterocycles. The van der Waals surface area contributed by atoms with E-state index < -0.39 is 23.7 Å². The number of primary amides is 1. The van der Waals surface area contributed by atoms with Gasteiger partial charge >= 0.3 is 5.97 Å². The van der Waals surface area contributed by atoms with Gasteiger partial charge in [0.05, 0.1) is 6.61 Å². The number of ether oxygens (including phenoxy) is 2. The van der Waals surface area contributed by atoms with E-state index in [0.717, 1.165) is 5.56 Å². The summed E-state index contributed by atoms with van der Waals surface area (Å²) in [5, 5.41) is 0. The normalized spacial score (nSPS) is 17.4. The van der Waals surface area contributed by atoms with Crippen molar-refractivity contribution in [3.8, 4) is 0 Å². The molecule has 8 heteroatoms. The highest BCUT2D eigenvalue weighted by Gasteiger charge is 2.37. The van der Waals surface area contributed by atoms with E-state index in [4.69, 9.17) is 20.9 Å². The van der Waals surface area contributed by atoms with Gasteiger partial charge in [0.25, 0.3) is 0 Å². The van der Waals surface area contributed by atoms with E-state index in [-0.39, 0.29) is 24.3 Å². The molecule has 1 aromatic rings. The fourth-order valence-corrected chi connectivity index (χ4v) is 3.16. The summed E-state index contributed by atoms with van der Waals surface area (Å²) in [5.74, 6) is -2.78. The first kappa shape index (κ1) is 22.8. The molecule has 0 saturated carbocycles. The highest BCUT2D eigenvalue weighted by atomic mass is 16.6. The summed E-state index contributed by atoms with van der Waals surface area (Å²) >= 11 is 0. The second-order valence-electron chi connectivity index (χ2n) is 8.25. The first-order valence-corrected chi connectivity index (χ1v) is 9.81. The fourth-order valence-electron chi connectivity index (χ4n) is 3.16. The van der Waals surface area contributed by atoms with Gasteiger partial charge < -0.3 is 25.8 Å². The Morgan fingerprint density at radius 1 is 1.14 bits per heavy atom. The Balaban J connectivity index is 2.07. The minimum atomic E-state index is -1.13. The van der Waals surface area contributed by atoms with Crippen LogP contribution in [0.3, 0.4) is 0 Å². The van der Waals surface area contributed by atoms with Crippen LogP contribution in [0.2, 0.25) is 0 Å². The molecule has 0 bridgehead atoms. The number of rotatable bonds is 7. The van der Waals surface area contributed by atoms with Crippen LogP contribution in [0.1, 0.15) is 45.4 Å². The van der Waals surface area contributed by atoms with Crippen LogP contribution in [0.25, 0.3) is 0 Å². The van der Waals surface area contributed by atoms with E-state index in [1.54, 1.807) is 25.7 Å². The van der Waals surface area contributed by atoms with Crippen molar-refractivity contribution in [2.45, 2.75) is 45.4 Å². The summed E-state index contributed by atoms with van der Waals surface area (Å²) in [5.41, 5.74) is 11.4. The van der Waals surface area contributed by atoms with Crippen molar-refractivity contribution in [3.05, 3.63) is 35.9 Å². The van der Waals surface area contributed by atoms with Crippen LogP contribution in [0.4, 0.5) is 0 Å². The lowest BCUT2D eigenvalue weighted by Gasteiger charge is -2.33. The zero-order chi connectivity index (χ0) is 21.6. The maximum Gasteiger partial charge on any atom is 0.321 e. The van der Waals surface area contributed by atoms with Crippen molar-refractivity contribution in [3.63, 3.8) is 0 Å². The van der Waals surface area contributed by atoms with Crippen LogP contribution in [0.15, 0.2) is 30.3 Å². The Kier molecular flexibility index (Phi) is 7.75. The number of benzene rings is 1. The first-order valence-electron chi connectivity index (χ1n) is 9.81. The number of nitrogens with two attached hydrogens (primary N) is 2. The molecule has 0 radical (unpaired) electrons. The van der Waals surface area contributed by atoms with E-state index in [1.165, 1.54) is 0 Å². The second kappa shape index (κ2) is 9.84. The fraction of sp³-hybridized carbons (Fsp3) is 0.571. The molecule has 1 aliphatic heterocycles. The topological polar surface area (TPSA) is 125 Å². The van der Waals surface area contributed by atoms with Crippen molar-refractivity contribution >= 4 is 17.8 Å². The van der Waals surface area contributed by atoms with Crippen LogP contribution in [0, 0.1) is 11.8 Å². The molecule has 4 N–H and O–H groups in total. The number of amides is 2. The van der Waals surface area contributed by atoms with Gasteiger partial charge in [0, 0.05) is 19.0 Å². The van der Waals surface area contributed by atoms with Gasteiger partial charge in [-0.25, -0.2) is 0 Å². The van der Waals surface area contributed by atoms with Gasteiger partial charge in [-0.15, -0.1) is 0 Å². The molecule has 2 rings (SSSR count). The number of nitrogens with zero attached hydrogens (tertiary/aromatic N) is 1. The van der Waals surface area contributed by atoms with Gasteiger partial charge in [0.2, 0.25) is 11.8 Å². The van der Waals surface area contributed by atoms with Gasteiger partial charge in [-0.1, -0.05) is 30.3 Å². The summed E-state index contributed by atoms with van der Waals surface area (Å²) in [4.78, 5) is 38.7. The van der Waals surface area contributed by atoms with Crippen molar-refractivity contribution < 1.29 is 23.9 Å². The van der Waals surface area contributed by atoms with Gasteiger partial charge in [-0.05, 0) is 39.2 Å². The zero-order valence-electron chi connectivity index (χ0n) is 17.3. The smallest absolute Gasteiger partial charge is 0.321 e. The van der Waals surface area contributed by atoms with E-state index >= 15 is 0 Å². The molecular formula is C21H31N3O5. The number of carbonyl (C=O) groups excluding carboxylic acids is 3. The molecular weight excluding hydrogens is 374 g/mol. The van der Waals surface area contributed by atoms with E-state index in [2.05, 4.69) is 0 Å². The molecule has 8 nitrogen and oxygen atoms in total. The lowest BCUT2D eigenvalue weighted by atomic mass is 9.95. The molecule has 1 aliphatic rings. The minimum absolute atomic E-state index is 0.195. The Bertz CT molecular complexity index is 709. The predicted octanol–water partition coefficient (Wildman–Crippen LogP) is 1.34. The quantitative estimate of drug-likeness (QED) is 0.401. The van der Waals surface area contributed by atoms with E-state index in [0.29, 0.717) is 25.9 Å². The number of esters is 1. The van der Waals surface area contributed by atoms with Crippen LogP contribution >= 0.6 is 0 Å². The van der Waals surface area contributed by atoms with Gasteiger partial charge in [0.15, 0.2) is 5.92 Å². The SMILES string of the molecule is CC(C)(C)OC(=O)C(COC(N)c1ccccc1)C(=O)N1CCC(C(N)=O)CC1. The largest absolute Gasteiger partial charge is 0.459 e. The van der Waals surface area contributed by atoms with Gasteiger partial charge in [0.1, 0.15) is 11.8 Å². The van der Waals surface area contributed by atoms with Crippen LogP contribution in [-0.2, 0) is 23.9 Å². The Morgan fingerprint density at radius 3 is 2.24 bits per heavy atom. The van der Waals surface area contributed by atoms with Crippen molar-refractivity contribution in [1.82, 2.24) is 4.90 Å². The molecule has 2 amide bonds. The predicted molar refractivity (Wildman–Crippen MR) is 107 cm³/mol. The molecule has 2 atom stereocenters. The number of likely N-dealkylation sites (tertiary alicyclic amines) is 1. The summed E-state index contributed by atoms with van der Waals surface area (Å²) in [6.45, 7) is 5.73. The molecule has 0 aromatic heterocycles. The second-order valence-corrected chi connectivity index (χ2v) is 8.25. The van der Waals surface area contributed by atoms with Gasteiger partial charge in [-0.2, -0.15) is 0 Å². The monoisotopic (exact) mass is 405 g/mol. The van der Waals surface area contributed by atoms with Gasteiger partial charge in [-0.3, -0.25) is 14.4 Å². The maximum atomic E-state index is 13.0. The third-order valence-electron chi connectivity index (χ3n) is 4.77. The number of hydrogen-bond donors (Lipinski definition) is 2. The van der Waals surface area contributed by atoms with Crippen molar-refractivity contribution in [1.29, 1.82) is 0 Å². The first-order chi connectivity index (χ1) is 13.6. The Morgan fingerprint density at radius 2 is 1.72 bits per heavy atom. The summed E-state index contributed by atoms with van der Waals surface area (Å²) in [6.07, 6.45) is 0.188. The standard InChI is InChI=1S/C21H31N3O5/c1-21(2,3)29-20(27)16(13-28-18(23)15-7-5-4-6-8-15)19(26)24-11-9-14(10-12-24)17(22)25/h4-8,14,16,18H,9-13,23H2,1-3H3,(H2,22,25). The molecule has 160 valence electrons. The minimum Gasteiger partial charge on any atom is -0.459 e.